The van der Waals surface area contributed by atoms with Crippen LogP contribution in [0.1, 0.15) is 29.4 Å². The van der Waals surface area contributed by atoms with Crippen molar-refractivity contribution in [3.8, 4) is 11.5 Å². The molecule has 90 valence electrons. The molecule has 2 aromatic rings. The molecule has 2 aromatic carbocycles. The molecule has 1 heterocycles. The third kappa shape index (κ3) is 0.821. The van der Waals surface area contributed by atoms with Crippen LogP contribution in [0.25, 0.3) is 10.8 Å². The Morgan fingerprint density at radius 1 is 0.889 bits per heavy atom. The largest absolute Gasteiger partial charge is 0.507 e. The summed E-state index contributed by atoms with van der Waals surface area (Å²) in [6.45, 7) is 0. The lowest BCUT2D eigenvalue weighted by Crippen LogP contribution is -2.08. The number of phenolic OH excluding ortho intramolecular Hbond substituents is 2. The van der Waals surface area contributed by atoms with Crippen LogP contribution < -0.4 is 0 Å². The predicted octanol–water partition coefficient (Wildman–Crippen LogP) is 2.60. The van der Waals surface area contributed by atoms with Crippen LogP contribution in [0.3, 0.4) is 0 Å². The quantitative estimate of drug-likeness (QED) is 0.549. The van der Waals surface area contributed by atoms with Gasteiger partial charge in [0, 0.05) is 33.7 Å². The Kier molecular flexibility index (Phi) is 1.35. The van der Waals surface area contributed by atoms with Gasteiger partial charge >= 0.3 is 0 Å². The molecule has 1 saturated carbocycles. The van der Waals surface area contributed by atoms with Crippen molar-refractivity contribution in [1.29, 1.82) is 0 Å². The molecule has 2 aliphatic carbocycles. The van der Waals surface area contributed by atoms with Crippen LogP contribution >= 0.6 is 0 Å². The number of epoxide rings is 1. The maximum Gasteiger partial charge on any atom is 0.127 e. The first kappa shape index (κ1) is 9.22. The highest BCUT2D eigenvalue weighted by molar-refractivity contribution is 5.96. The van der Waals surface area contributed by atoms with E-state index in [9.17, 15) is 10.2 Å². The van der Waals surface area contributed by atoms with E-state index in [4.69, 9.17) is 4.74 Å². The van der Waals surface area contributed by atoms with Crippen LogP contribution in [0.5, 0.6) is 11.5 Å². The fourth-order valence-electron chi connectivity index (χ4n) is 4.08. The Bertz CT molecular complexity index is 648. The molecule has 3 nitrogen and oxygen atoms in total. The Labute approximate surface area is 104 Å². The fourth-order valence-corrected chi connectivity index (χ4v) is 4.08. The third-order valence-electron chi connectivity index (χ3n) is 4.84. The molecule has 0 amide bonds. The van der Waals surface area contributed by atoms with Gasteiger partial charge in [0.15, 0.2) is 0 Å². The van der Waals surface area contributed by atoms with Gasteiger partial charge in [-0.3, -0.25) is 0 Å². The summed E-state index contributed by atoms with van der Waals surface area (Å²) in [5, 5.41) is 22.5. The van der Waals surface area contributed by atoms with E-state index in [2.05, 4.69) is 0 Å². The molecule has 0 aromatic heterocycles. The summed E-state index contributed by atoms with van der Waals surface area (Å²) in [5.74, 6) is 1.26. The van der Waals surface area contributed by atoms with E-state index in [1.807, 2.05) is 24.3 Å². The lowest BCUT2D eigenvalue weighted by Gasteiger charge is -2.17. The van der Waals surface area contributed by atoms with Crippen molar-refractivity contribution in [2.75, 3.05) is 0 Å². The van der Waals surface area contributed by atoms with Gasteiger partial charge in [0.2, 0.25) is 0 Å². The second kappa shape index (κ2) is 2.64. The maximum absolute atomic E-state index is 10.5. The molecule has 2 N–H and O–H groups in total. The van der Waals surface area contributed by atoms with Crippen LogP contribution in [0.4, 0.5) is 0 Å². The Hall–Kier alpha value is -1.74. The number of rotatable bonds is 0. The van der Waals surface area contributed by atoms with Gasteiger partial charge in [-0.15, -0.1) is 0 Å². The number of aromatic hydroxyl groups is 2. The summed E-state index contributed by atoms with van der Waals surface area (Å²) in [7, 11) is 0. The first-order chi connectivity index (χ1) is 8.77. The minimum atomic E-state index is 0.283. The molecular weight excluding hydrogens is 228 g/mol. The monoisotopic (exact) mass is 240 g/mol. The van der Waals surface area contributed by atoms with Crippen molar-refractivity contribution in [2.45, 2.75) is 30.5 Å². The second-order valence-electron chi connectivity index (χ2n) is 5.58. The highest BCUT2D eigenvalue weighted by atomic mass is 16.6. The minimum absolute atomic E-state index is 0.283. The average molecular weight is 240 g/mol. The van der Waals surface area contributed by atoms with E-state index in [0.29, 0.717) is 11.5 Å². The van der Waals surface area contributed by atoms with Crippen molar-refractivity contribution in [3.63, 3.8) is 0 Å². The zero-order valence-electron chi connectivity index (χ0n) is 9.63. The first-order valence-corrected chi connectivity index (χ1v) is 6.39. The van der Waals surface area contributed by atoms with Crippen molar-refractivity contribution in [2.24, 2.45) is 0 Å². The van der Waals surface area contributed by atoms with Crippen LogP contribution in [0.15, 0.2) is 24.3 Å². The van der Waals surface area contributed by atoms with Gasteiger partial charge in [-0.2, -0.15) is 0 Å². The number of benzene rings is 2. The smallest absolute Gasteiger partial charge is 0.127 e. The molecule has 3 heteroatoms. The SMILES string of the molecule is Oc1c2c(c(O)c3ccccc13)[C@H]1C[C@H]2C2OC21. The van der Waals surface area contributed by atoms with Gasteiger partial charge in [-0.05, 0) is 6.42 Å². The van der Waals surface area contributed by atoms with E-state index in [1.54, 1.807) is 0 Å². The zero-order valence-corrected chi connectivity index (χ0v) is 9.63. The Morgan fingerprint density at radius 3 is 1.89 bits per heavy atom. The van der Waals surface area contributed by atoms with Crippen molar-refractivity contribution in [3.05, 3.63) is 35.4 Å². The summed E-state index contributed by atoms with van der Waals surface area (Å²) in [5.41, 5.74) is 1.88. The fraction of sp³-hybridized carbons (Fsp3) is 0.333. The van der Waals surface area contributed by atoms with Crippen LogP contribution in [-0.2, 0) is 4.74 Å². The summed E-state index contributed by atoms with van der Waals surface area (Å²) >= 11 is 0. The summed E-state index contributed by atoms with van der Waals surface area (Å²) in [6.07, 6.45) is 1.59. The first-order valence-electron chi connectivity index (χ1n) is 6.39. The van der Waals surface area contributed by atoms with Gasteiger partial charge in [-0.1, -0.05) is 24.3 Å². The zero-order chi connectivity index (χ0) is 12.0. The van der Waals surface area contributed by atoms with Gasteiger partial charge in [0.1, 0.15) is 11.5 Å². The molecule has 2 unspecified atom stereocenters. The number of fused-ring (bicyclic) bond motifs is 9. The lowest BCUT2D eigenvalue weighted by molar-refractivity contribution is 0.295. The second-order valence-corrected chi connectivity index (χ2v) is 5.58. The van der Waals surface area contributed by atoms with Crippen LogP contribution in [0.2, 0.25) is 0 Å². The Morgan fingerprint density at radius 2 is 1.39 bits per heavy atom. The van der Waals surface area contributed by atoms with Crippen molar-refractivity contribution >= 4 is 10.8 Å². The molecule has 5 rings (SSSR count). The van der Waals surface area contributed by atoms with E-state index in [-0.39, 0.29) is 24.0 Å². The lowest BCUT2D eigenvalue weighted by atomic mass is 9.87. The predicted molar refractivity (Wildman–Crippen MR) is 66.0 cm³/mol. The molecule has 1 saturated heterocycles. The molecule has 0 radical (unpaired) electrons. The number of hydrogen-bond acceptors (Lipinski definition) is 3. The Balaban J connectivity index is 1.95. The molecule has 2 fully saturated rings. The van der Waals surface area contributed by atoms with E-state index < -0.39 is 0 Å². The van der Waals surface area contributed by atoms with Gasteiger partial charge in [0.05, 0.1) is 12.2 Å². The molecule has 1 aliphatic heterocycles. The number of phenols is 2. The van der Waals surface area contributed by atoms with Gasteiger partial charge in [-0.25, -0.2) is 0 Å². The third-order valence-corrected chi connectivity index (χ3v) is 4.84. The molecule has 2 bridgehead atoms. The number of hydrogen-bond donors (Lipinski definition) is 2. The summed E-state index contributed by atoms with van der Waals surface area (Å²) in [6, 6.07) is 7.50. The summed E-state index contributed by atoms with van der Waals surface area (Å²) in [4.78, 5) is 0. The topological polar surface area (TPSA) is 53.0 Å². The maximum atomic E-state index is 10.5. The van der Waals surface area contributed by atoms with Crippen LogP contribution in [-0.4, -0.2) is 22.4 Å². The normalized spacial score (nSPS) is 34.7. The van der Waals surface area contributed by atoms with Crippen molar-refractivity contribution in [1.82, 2.24) is 0 Å². The molecule has 0 spiro atoms. The number of ether oxygens (including phenoxy) is 1. The van der Waals surface area contributed by atoms with E-state index in [0.717, 1.165) is 28.3 Å². The van der Waals surface area contributed by atoms with Crippen molar-refractivity contribution < 1.29 is 14.9 Å². The molecule has 18 heavy (non-hydrogen) atoms. The van der Waals surface area contributed by atoms with E-state index >= 15 is 0 Å². The summed E-state index contributed by atoms with van der Waals surface area (Å²) < 4.78 is 5.64. The molecule has 3 aliphatic rings. The molecule has 4 atom stereocenters. The molecular formula is C15H12O3. The van der Waals surface area contributed by atoms with Gasteiger partial charge < -0.3 is 14.9 Å². The van der Waals surface area contributed by atoms with E-state index in [1.165, 1.54) is 0 Å². The minimum Gasteiger partial charge on any atom is -0.507 e. The highest BCUT2D eigenvalue weighted by Crippen LogP contribution is 2.67. The van der Waals surface area contributed by atoms with Crippen LogP contribution in [0, 0.1) is 0 Å². The standard InChI is InChI=1S/C15H12O3/c16-12-6-3-1-2-4-7(6)13(17)11-9-5-8(10(11)12)14-15(9)18-14/h1-4,8-9,14-17H,5H2/t8-,9-,14?,15?/m1/s1. The highest BCUT2D eigenvalue weighted by Gasteiger charge is 2.63. The average Bonchev–Trinajstić information content (AvgIpc) is 3.02. The van der Waals surface area contributed by atoms with Gasteiger partial charge in [0.25, 0.3) is 0 Å².